The van der Waals surface area contributed by atoms with Gasteiger partial charge >= 0.3 is 0 Å². The standard InChI is InChI=1S/C56H77N/c1-3-5-6-7-9-12-42-17-21-45(22-18-42)49-31-35-52(36-32-49)55-39-54(51-29-27-47(28-30-51)44-19-15-41(4-2)16-20-44)40-56(57-55)53-37-33-50(34-38-53)48-25-23-46(24-26-48)43-13-10-8-11-14-43/h3-5,8,10,21,23,25-27,31,33-37,41-44,46,49,51,53-57H,2,6-7,9,11-20,22,24,28-30,32,38-40H2,1H3/b5-3-. The lowest BCUT2D eigenvalue weighted by atomic mass is 9.68. The van der Waals surface area contributed by atoms with E-state index in [-0.39, 0.29) is 0 Å². The van der Waals surface area contributed by atoms with Crippen LogP contribution in [0.1, 0.15) is 148 Å². The molecule has 0 spiro atoms. The molecule has 9 unspecified atom stereocenters. The summed E-state index contributed by atoms with van der Waals surface area (Å²) in [5.74, 6) is 6.88. The van der Waals surface area contributed by atoms with Crippen molar-refractivity contribution in [3.05, 3.63) is 132 Å². The molecule has 7 aliphatic carbocycles. The molecule has 0 aromatic carbocycles. The molecule has 1 aliphatic heterocycles. The van der Waals surface area contributed by atoms with Gasteiger partial charge in [0, 0.05) is 18.0 Å². The van der Waals surface area contributed by atoms with Crippen molar-refractivity contribution in [3.63, 3.8) is 0 Å². The maximum Gasteiger partial charge on any atom is 0.0322 e. The lowest BCUT2D eigenvalue weighted by molar-refractivity contribution is 0.160. The number of hydrogen-bond acceptors (Lipinski definition) is 1. The summed E-state index contributed by atoms with van der Waals surface area (Å²) < 4.78 is 0. The number of nitrogens with one attached hydrogen (secondary N) is 1. The summed E-state index contributed by atoms with van der Waals surface area (Å²) in [6.07, 6.45) is 69.0. The van der Waals surface area contributed by atoms with Gasteiger partial charge in [-0.3, -0.25) is 0 Å². The van der Waals surface area contributed by atoms with Crippen LogP contribution in [0.25, 0.3) is 0 Å². The molecule has 1 saturated carbocycles. The summed E-state index contributed by atoms with van der Waals surface area (Å²) >= 11 is 0. The summed E-state index contributed by atoms with van der Waals surface area (Å²) in [6, 6.07) is 1.03. The minimum Gasteiger partial charge on any atom is -0.307 e. The van der Waals surface area contributed by atoms with Crippen LogP contribution < -0.4 is 5.32 Å². The molecular formula is C56H77N. The molecule has 8 aliphatic rings. The number of rotatable bonds is 13. The minimum atomic E-state index is 0.479. The Balaban J connectivity index is 0.899. The summed E-state index contributed by atoms with van der Waals surface area (Å²) in [5, 5.41) is 4.32. The van der Waals surface area contributed by atoms with E-state index >= 15 is 0 Å². The highest BCUT2D eigenvalue weighted by Crippen LogP contribution is 2.45. The van der Waals surface area contributed by atoms with Crippen molar-refractivity contribution in [1.29, 1.82) is 0 Å². The van der Waals surface area contributed by atoms with Gasteiger partial charge in [-0.05, 0) is 199 Å². The van der Waals surface area contributed by atoms with Crippen LogP contribution in [0.2, 0.25) is 0 Å². The van der Waals surface area contributed by atoms with Crippen LogP contribution in [0.15, 0.2) is 132 Å². The molecule has 0 aromatic rings. The van der Waals surface area contributed by atoms with Gasteiger partial charge in [-0.2, -0.15) is 0 Å². The Morgan fingerprint density at radius 2 is 1.47 bits per heavy atom. The Labute approximate surface area is 349 Å². The fourth-order valence-electron chi connectivity index (χ4n) is 12.5. The molecule has 1 saturated heterocycles. The average Bonchev–Trinajstić information content (AvgIpc) is 3.29. The quantitative estimate of drug-likeness (QED) is 0.145. The second-order valence-corrected chi connectivity index (χ2v) is 19.8. The Bertz CT molecular complexity index is 1670. The van der Waals surface area contributed by atoms with Gasteiger partial charge < -0.3 is 5.32 Å². The first-order valence-corrected chi connectivity index (χ1v) is 24.3. The highest BCUT2D eigenvalue weighted by molar-refractivity contribution is 5.49. The van der Waals surface area contributed by atoms with Gasteiger partial charge in [-0.25, -0.2) is 0 Å². The van der Waals surface area contributed by atoms with Gasteiger partial charge in [-0.15, -0.1) is 6.58 Å². The molecule has 2 fully saturated rings. The van der Waals surface area contributed by atoms with Gasteiger partial charge in [0.2, 0.25) is 0 Å². The fourth-order valence-corrected chi connectivity index (χ4v) is 12.5. The third-order valence-electron chi connectivity index (χ3n) is 16.4. The Kier molecular flexibility index (Phi) is 14.6. The first-order chi connectivity index (χ1) is 28.1. The molecule has 1 heteroatoms. The Morgan fingerprint density at radius 1 is 0.667 bits per heavy atom. The molecule has 1 nitrogen and oxygen atoms in total. The second kappa shape index (κ2) is 20.4. The molecule has 57 heavy (non-hydrogen) atoms. The van der Waals surface area contributed by atoms with Crippen LogP contribution >= 0.6 is 0 Å². The highest BCUT2D eigenvalue weighted by Gasteiger charge is 2.38. The van der Waals surface area contributed by atoms with E-state index < -0.39 is 0 Å². The Morgan fingerprint density at radius 3 is 2.12 bits per heavy atom. The summed E-state index contributed by atoms with van der Waals surface area (Å²) in [7, 11) is 0. The van der Waals surface area contributed by atoms with Crippen LogP contribution in [-0.2, 0) is 0 Å². The predicted octanol–water partition coefficient (Wildman–Crippen LogP) is 15.2. The highest BCUT2D eigenvalue weighted by atomic mass is 15.0. The molecule has 8 rings (SSSR count). The predicted molar refractivity (Wildman–Crippen MR) is 246 cm³/mol. The molecule has 306 valence electrons. The first kappa shape index (κ1) is 40.9. The van der Waals surface area contributed by atoms with E-state index in [4.69, 9.17) is 0 Å². The van der Waals surface area contributed by atoms with E-state index in [0.717, 1.165) is 47.8 Å². The van der Waals surface area contributed by atoms with E-state index in [2.05, 4.69) is 116 Å². The monoisotopic (exact) mass is 764 g/mol. The Hall–Kier alpha value is -2.90. The number of hydrogen-bond donors (Lipinski definition) is 1. The molecule has 0 aromatic heterocycles. The zero-order valence-corrected chi connectivity index (χ0v) is 35.9. The van der Waals surface area contributed by atoms with Crippen LogP contribution in [-0.4, -0.2) is 12.1 Å². The topological polar surface area (TPSA) is 12.0 Å². The van der Waals surface area contributed by atoms with Gasteiger partial charge in [-0.1, -0.05) is 121 Å². The van der Waals surface area contributed by atoms with Crippen LogP contribution in [0.4, 0.5) is 0 Å². The van der Waals surface area contributed by atoms with Crippen molar-refractivity contribution in [2.24, 2.45) is 53.3 Å². The lowest BCUT2D eigenvalue weighted by Gasteiger charge is -2.44. The molecular weight excluding hydrogens is 687 g/mol. The van der Waals surface area contributed by atoms with E-state index in [0.29, 0.717) is 23.9 Å². The van der Waals surface area contributed by atoms with Gasteiger partial charge in [0.1, 0.15) is 0 Å². The molecule has 9 atom stereocenters. The third-order valence-corrected chi connectivity index (χ3v) is 16.4. The largest absolute Gasteiger partial charge is 0.307 e. The first-order valence-electron chi connectivity index (χ1n) is 24.3. The van der Waals surface area contributed by atoms with Crippen molar-refractivity contribution < 1.29 is 0 Å². The van der Waals surface area contributed by atoms with E-state index in [9.17, 15) is 0 Å². The zero-order valence-electron chi connectivity index (χ0n) is 35.9. The zero-order chi connectivity index (χ0) is 38.8. The summed E-state index contributed by atoms with van der Waals surface area (Å²) in [5.41, 5.74) is 8.03. The van der Waals surface area contributed by atoms with Gasteiger partial charge in [0.05, 0.1) is 0 Å². The molecule has 0 amide bonds. The molecule has 1 N–H and O–H groups in total. The normalized spacial score (nSPS) is 37.3. The van der Waals surface area contributed by atoms with E-state index in [1.165, 1.54) is 146 Å². The van der Waals surface area contributed by atoms with Crippen molar-refractivity contribution >= 4 is 0 Å². The van der Waals surface area contributed by atoms with Gasteiger partial charge in [0.15, 0.2) is 0 Å². The lowest BCUT2D eigenvalue weighted by Crippen LogP contribution is -2.51. The van der Waals surface area contributed by atoms with Crippen molar-refractivity contribution in [2.45, 2.75) is 160 Å². The molecule has 1 heterocycles. The summed E-state index contributed by atoms with van der Waals surface area (Å²) in [4.78, 5) is 0. The smallest absolute Gasteiger partial charge is 0.0322 e. The van der Waals surface area contributed by atoms with Crippen LogP contribution in [0.3, 0.4) is 0 Å². The van der Waals surface area contributed by atoms with E-state index in [1.54, 1.807) is 11.1 Å². The minimum absolute atomic E-state index is 0.479. The number of piperidine rings is 1. The van der Waals surface area contributed by atoms with E-state index in [1.807, 2.05) is 5.57 Å². The van der Waals surface area contributed by atoms with Crippen molar-refractivity contribution in [3.8, 4) is 0 Å². The van der Waals surface area contributed by atoms with Crippen molar-refractivity contribution in [1.82, 2.24) is 5.32 Å². The number of unbranched alkanes of at least 4 members (excludes halogenated alkanes) is 2. The second-order valence-electron chi connectivity index (χ2n) is 19.8. The van der Waals surface area contributed by atoms with Crippen LogP contribution in [0, 0.1) is 53.3 Å². The maximum atomic E-state index is 4.32. The molecule has 0 radical (unpaired) electrons. The van der Waals surface area contributed by atoms with Gasteiger partial charge in [0.25, 0.3) is 0 Å². The third kappa shape index (κ3) is 10.7. The maximum absolute atomic E-state index is 4.32. The van der Waals surface area contributed by atoms with Crippen molar-refractivity contribution in [2.75, 3.05) is 0 Å². The summed E-state index contributed by atoms with van der Waals surface area (Å²) in [6.45, 7) is 6.24. The SMILES string of the molecule is C=CC1CCC(C2=CCC(C3CC(C4=CCC(C5=CCC(CCCC/C=C\C)CC5)C=C4)NC(C4C=CC(C5=CCC(C6CC=CCC6)C=C5)=CC4)C3)CC2)CC1. The fraction of sp³-hybridized carbons (Fsp3) is 0.607. The number of allylic oxidation sites excluding steroid dienone is 18. The molecule has 0 bridgehead atoms. The average molecular weight is 764 g/mol. The van der Waals surface area contributed by atoms with Crippen LogP contribution in [0.5, 0.6) is 0 Å².